The van der Waals surface area contributed by atoms with Gasteiger partial charge in [0.2, 0.25) is 0 Å². The topological polar surface area (TPSA) is 17.4 Å². The SMILES string of the molecule is C=C1OC(CC)=C(/C=C\C)C1C/C(=C\CC)n1c2c(c3ccccc31)C(C/C=C\C=C(/C)N(c1ccccc1)c1ccc(-c3ccc4c(ccc5ccccc54)c3)cc1)CCC=C2. The third kappa shape index (κ3) is 8.29. The van der Waals surface area contributed by atoms with Crippen LogP contribution in [-0.4, -0.2) is 4.57 Å². The van der Waals surface area contributed by atoms with Gasteiger partial charge in [0.1, 0.15) is 11.5 Å². The average Bonchev–Trinajstić information content (AvgIpc) is 3.71. The van der Waals surface area contributed by atoms with Gasteiger partial charge in [-0.1, -0.05) is 154 Å². The molecule has 0 radical (unpaired) electrons. The molecule has 0 bridgehead atoms. The van der Waals surface area contributed by atoms with E-state index < -0.39 is 0 Å². The quantitative estimate of drug-likeness (QED) is 0.0851. The predicted octanol–water partition coefficient (Wildman–Crippen LogP) is 17.2. The van der Waals surface area contributed by atoms with Crippen molar-refractivity contribution in [2.24, 2.45) is 5.92 Å². The monoisotopic (exact) mass is 822 g/mol. The normalized spacial score (nSPS) is 17.1. The lowest BCUT2D eigenvalue weighted by atomic mass is 9.90. The molecule has 6 aromatic carbocycles. The molecule has 0 amide bonds. The number of aromatic nitrogens is 1. The Morgan fingerprint density at radius 1 is 0.794 bits per heavy atom. The van der Waals surface area contributed by atoms with E-state index in [9.17, 15) is 0 Å². The Kier molecular flexibility index (Phi) is 12.3. The molecule has 3 nitrogen and oxygen atoms in total. The van der Waals surface area contributed by atoms with Gasteiger partial charge in [0.15, 0.2) is 0 Å². The van der Waals surface area contributed by atoms with Crippen LogP contribution in [0.1, 0.15) is 83.4 Å². The predicted molar refractivity (Wildman–Crippen MR) is 271 cm³/mol. The van der Waals surface area contributed by atoms with Gasteiger partial charge < -0.3 is 14.2 Å². The van der Waals surface area contributed by atoms with Crippen molar-refractivity contribution in [3.63, 3.8) is 0 Å². The minimum absolute atomic E-state index is 0.119. The average molecular weight is 823 g/mol. The molecule has 2 atom stereocenters. The summed E-state index contributed by atoms with van der Waals surface area (Å²) < 4.78 is 8.82. The zero-order valence-electron chi connectivity index (χ0n) is 37.2. The maximum Gasteiger partial charge on any atom is 0.107 e. The van der Waals surface area contributed by atoms with Crippen LogP contribution in [0.25, 0.3) is 55.3 Å². The molecule has 9 rings (SSSR count). The second kappa shape index (κ2) is 18.6. The van der Waals surface area contributed by atoms with Crippen molar-refractivity contribution in [2.75, 3.05) is 4.90 Å². The highest BCUT2D eigenvalue weighted by atomic mass is 16.5. The standard InChI is InChI=1S/C60H58N2O/c1-6-20-51(41-56-43(5)63-59(8-3)54(56)21-7-2)62-57-30-19-17-29-55(57)60-46(25-15-18-31-58(60)62)24-13-12-22-42(4)61(49-26-10-9-11-27-49)50-37-34-44(35-38-50)47-36-39-53-48(40-47)33-32-45-23-14-16-28-52(45)53/h7,9-14,16-23,26-40,46,56H,5-6,8,15,24-25,41H2,1-4H3/b13-12-,21-7-,42-22+,51-20+. The maximum atomic E-state index is 6.27. The van der Waals surface area contributed by atoms with Crippen LogP contribution in [0.15, 0.2) is 205 Å². The summed E-state index contributed by atoms with van der Waals surface area (Å²) in [5, 5.41) is 6.47. The largest absolute Gasteiger partial charge is 0.466 e. The Bertz CT molecular complexity index is 2990. The van der Waals surface area contributed by atoms with E-state index >= 15 is 0 Å². The Morgan fingerprint density at radius 2 is 1.51 bits per heavy atom. The molecular weight excluding hydrogens is 765 g/mol. The fourth-order valence-corrected chi connectivity index (χ4v) is 9.97. The number of ether oxygens (including phenoxy) is 1. The molecule has 0 spiro atoms. The van der Waals surface area contributed by atoms with Gasteiger partial charge in [0.25, 0.3) is 0 Å². The minimum Gasteiger partial charge on any atom is -0.466 e. The fourth-order valence-electron chi connectivity index (χ4n) is 9.97. The summed E-state index contributed by atoms with van der Waals surface area (Å²) in [7, 11) is 0. The van der Waals surface area contributed by atoms with E-state index in [2.05, 4.69) is 226 Å². The Hall–Kier alpha value is -6.84. The van der Waals surface area contributed by atoms with Gasteiger partial charge in [-0.3, -0.25) is 0 Å². The van der Waals surface area contributed by atoms with Gasteiger partial charge in [-0.05, 0) is 132 Å². The van der Waals surface area contributed by atoms with Crippen LogP contribution in [0.3, 0.4) is 0 Å². The van der Waals surface area contributed by atoms with E-state index in [0.29, 0.717) is 5.92 Å². The van der Waals surface area contributed by atoms with Gasteiger partial charge in [-0.2, -0.15) is 0 Å². The lowest BCUT2D eigenvalue weighted by molar-refractivity contribution is 0.298. The van der Waals surface area contributed by atoms with E-state index in [4.69, 9.17) is 4.74 Å². The molecule has 0 fully saturated rings. The number of para-hydroxylation sites is 2. The van der Waals surface area contributed by atoms with Crippen molar-refractivity contribution >= 4 is 55.6 Å². The van der Waals surface area contributed by atoms with E-state index in [1.165, 1.54) is 66.1 Å². The lowest BCUT2D eigenvalue weighted by Crippen LogP contribution is -2.14. The second-order valence-electron chi connectivity index (χ2n) is 16.9. The van der Waals surface area contributed by atoms with Crippen molar-refractivity contribution < 1.29 is 4.74 Å². The summed E-state index contributed by atoms with van der Waals surface area (Å²) in [6.45, 7) is 13.1. The summed E-state index contributed by atoms with van der Waals surface area (Å²) in [4.78, 5) is 2.36. The zero-order chi connectivity index (χ0) is 43.3. The lowest BCUT2D eigenvalue weighted by Gasteiger charge is -2.26. The minimum atomic E-state index is 0.119. The van der Waals surface area contributed by atoms with Crippen molar-refractivity contribution in [3.8, 4) is 11.1 Å². The fraction of sp³-hybridized carbons (Fsp3) is 0.200. The highest BCUT2D eigenvalue weighted by Crippen LogP contribution is 2.45. The molecule has 1 aliphatic heterocycles. The molecule has 0 saturated carbocycles. The first kappa shape index (κ1) is 41.5. The van der Waals surface area contributed by atoms with Crippen LogP contribution in [0.2, 0.25) is 0 Å². The number of nitrogens with zero attached hydrogens (tertiary/aromatic N) is 2. The van der Waals surface area contributed by atoms with E-state index in [0.717, 1.165) is 67.1 Å². The van der Waals surface area contributed by atoms with Crippen LogP contribution in [0.4, 0.5) is 11.4 Å². The van der Waals surface area contributed by atoms with Crippen molar-refractivity contribution in [3.05, 3.63) is 217 Å². The highest BCUT2D eigenvalue weighted by molar-refractivity contribution is 6.08. The first-order valence-electron chi connectivity index (χ1n) is 22.9. The van der Waals surface area contributed by atoms with Crippen molar-refractivity contribution in [1.82, 2.24) is 4.57 Å². The molecule has 63 heavy (non-hydrogen) atoms. The van der Waals surface area contributed by atoms with Crippen LogP contribution in [0, 0.1) is 5.92 Å². The molecule has 3 heteroatoms. The van der Waals surface area contributed by atoms with E-state index in [1.807, 2.05) is 0 Å². The summed E-state index contributed by atoms with van der Waals surface area (Å²) in [5.74, 6) is 2.40. The van der Waals surface area contributed by atoms with E-state index in [-0.39, 0.29) is 5.92 Å². The molecule has 1 aliphatic carbocycles. The van der Waals surface area contributed by atoms with Gasteiger partial charge in [-0.25, -0.2) is 0 Å². The summed E-state index contributed by atoms with van der Waals surface area (Å²) in [6.07, 6.45) is 24.2. The van der Waals surface area contributed by atoms with Crippen molar-refractivity contribution in [1.29, 1.82) is 0 Å². The highest BCUT2D eigenvalue weighted by Gasteiger charge is 2.32. The number of anilines is 2. The number of allylic oxidation sites excluding steroid dienone is 11. The molecule has 2 unspecified atom stereocenters. The summed E-state index contributed by atoms with van der Waals surface area (Å²) in [6, 6.07) is 48.7. The number of hydrogen-bond acceptors (Lipinski definition) is 2. The molecule has 0 saturated heterocycles. The van der Waals surface area contributed by atoms with Crippen LogP contribution in [-0.2, 0) is 4.74 Å². The number of benzene rings is 6. The van der Waals surface area contributed by atoms with Gasteiger partial charge in [0, 0.05) is 52.3 Å². The zero-order valence-corrected chi connectivity index (χ0v) is 37.2. The molecule has 7 aromatic rings. The van der Waals surface area contributed by atoms with Crippen LogP contribution >= 0.6 is 0 Å². The molecule has 2 aliphatic rings. The Balaban J connectivity index is 0.990. The first-order valence-corrected chi connectivity index (χ1v) is 22.9. The smallest absolute Gasteiger partial charge is 0.107 e. The maximum absolute atomic E-state index is 6.27. The summed E-state index contributed by atoms with van der Waals surface area (Å²) in [5.41, 5.74) is 12.5. The number of fused-ring (bicyclic) bond motifs is 6. The molecular formula is C60H58N2O. The molecule has 314 valence electrons. The third-order valence-corrected chi connectivity index (χ3v) is 12.9. The Morgan fingerprint density at radius 3 is 2.30 bits per heavy atom. The molecule has 0 N–H and O–H groups in total. The Labute approximate surface area is 374 Å². The number of hydrogen-bond donors (Lipinski definition) is 0. The summed E-state index contributed by atoms with van der Waals surface area (Å²) >= 11 is 0. The van der Waals surface area contributed by atoms with E-state index in [1.54, 1.807) is 0 Å². The van der Waals surface area contributed by atoms with Crippen LogP contribution in [0.5, 0.6) is 0 Å². The van der Waals surface area contributed by atoms with Gasteiger partial charge in [0.05, 0.1) is 11.4 Å². The molecule has 1 aromatic heterocycles. The third-order valence-electron chi connectivity index (χ3n) is 12.9. The van der Waals surface area contributed by atoms with Gasteiger partial charge >= 0.3 is 0 Å². The first-order chi connectivity index (χ1) is 31.0. The van der Waals surface area contributed by atoms with Crippen molar-refractivity contribution in [2.45, 2.75) is 72.1 Å². The molecule has 2 heterocycles. The van der Waals surface area contributed by atoms with Crippen LogP contribution < -0.4 is 4.90 Å². The van der Waals surface area contributed by atoms with Gasteiger partial charge in [-0.15, -0.1) is 0 Å². The number of rotatable bonds is 13. The second-order valence-corrected chi connectivity index (χ2v) is 16.9.